The SMILES string of the molecule is N#CCCCCNC(=O)COCCN. The zero-order chi connectivity index (χ0) is 10.6. The van der Waals surface area contributed by atoms with Crippen molar-refractivity contribution in [3.05, 3.63) is 0 Å². The molecule has 0 aliphatic carbocycles. The van der Waals surface area contributed by atoms with Gasteiger partial charge in [0.2, 0.25) is 5.91 Å². The van der Waals surface area contributed by atoms with Gasteiger partial charge in [-0.3, -0.25) is 4.79 Å². The summed E-state index contributed by atoms with van der Waals surface area (Å²) in [5.41, 5.74) is 5.18. The smallest absolute Gasteiger partial charge is 0.245 e. The summed E-state index contributed by atoms with van der Waals surface area (Å²) in [5.74, 6) is -0.129. The lowest BCUT2D eigenvalue weighted by Gasteiger charge is -2.04. The Hall–Kier alpha value is -1.12. The van der Waals surface area contributed by atoms with Crippen LogP contribution in [0.25, 0.3) is 0 Å². The molecule has 0 rings (SSSR count). The van der Waals surface area contributed by atoms with Crippen LogP contribution in [0.2, 0.25) is 0 Å². The Balaban J connectivity index is 3.15. The maximum Gasteiger partial charge on any atom is 0.245 e. The van der Waals surface area contributed by atoms with Crippen molar-refractivity contribution in [1.29, 1.82) is 5.26 Å². The number of rotatable bonds is 8. The van der Waals surface area contributed by atoms with E-state index in [1.165, 1.54) is 0 Å². The van der Waals surface area contributed by atoms with Crippen molar-refractivity contribution in [2.75, 3.05) is 26.3 Å². The van der Waals surface area contributed by atoms with Crippen molar-refractivity contribution in [1.82, 2.24) is 5.32 Å². The van der Waals surface area contributed by atoms with Gasteiger partial charge in [0.1, 0.15) is 6.61 Å². The number of hydrogen-bond donors (Lipinski definition) is 2. The third-order valence-electron chi connectivity index (χ3n) is 1.53. The maximum atomic E-state index is 11.0. The number of nitrogens with two attached hydrogens (primary N) is 1. The van der Waals surface area contributed by atoms with E-state index in [-0.39, 0.29) is 12.5 Å². The van der Waals surface area contributed by atoms with Crippen molar-refractivity contribution in [3.8, 4) is 6.07 Å². The first-order valence-corrected chi connectivity index (χ1v) is 4.72. The van der Waals surface area contributed by atoms with Gasteiger partial charge in [0.25, 0.3) is 0 Å². The van der Waals surface area contributed by atoms with Crippen molar-refractivity contribution >= 4 is 5.91 Å². The Morgan fingerprint density at radius 2 is 2.29 bits per heavy atom. The van der Waals surface area contributed by atoms with E-state index in [4.69, 9.17) is 15.7 Å². The largest absolute Gasteiger partial charge is 0.370 e. The zero-order valence-corrected chi connectivity index (χ0v) is 8.29. The number of carbonyl (C=O) groups excluding carboxylic acids is 1. The molecule has 5 nitrogen and oxygen atoms in total. The quantitative estimate of drug-likeness (QED) is 0.529. The minimum Gasteiger partial charge on any atom is -0.370 e. The monoisotopic (exact) mass is 199 g/mol. The predicted octanol–water partition coefficient (Wildman–Crippen LogP) is -0.228. The Labute approximate surface area is 84.2 Å². The molecule has 0 aromatic rings. The lowest BCUT2D eigenvalue weighted by atomic mass is 10.2. The second-order valence-corrected chi connectivity index (χ2v) is 2.81. The summed E-state index contributed by atoms with van der Waals surface area (Å²) in [5, 5.41) is 10.9. The van der Waals surface area contributed by atoms with E-state index in [9.17, 15) is 4.79 Å². The second kappa shape index (κ2) is 9.96. The lowest BCUT2D eigenvalue weighted by molar-refractivity contribution is -0.125. The van der Waals surface area contributed by atoms with E-state index in [1.54, 1.807) is 0 Å². The van der Waals surface area contributed by atoms with Gasteiger partial charge >= 0.3 is 0 Å². The van der Waals surface area contributed by atoms with Crippen molar-refractivity contribution in [3.63, 3.8) is 0 Å². The van der Waals surface area contributed by atoms with Gasteiger partial charge in [-0.1, -0.05) is 0 Å². The zero-order valence-electron chi connectivity index (χ0n) is 8.29. The second-order valence-electron chi connectivity index (χ2n) is 2.81. The van der Waals surface area contributed by atoms with Gasteiger partial charge in [-0.15, -0.1) is 0 Å². The molecule has 0 heterocycles. The molecule has 0 spiro atoms. The molecule has 0 radical (unpaired) electrons. The highest BCUT2D eigenvalue weighted by Gasteiger charge is 1.98. The number of ether oxygens (including phenoxy) is 1. The number of carbonyl (C=O) groups is 1. The van der Waals surface area contributed by atoms with Gasteiger partial charge in [0, 0.05) is 19.5 Å². The van der Waals surface area contributed by atoms with Crippen LogP contribution in [0.3, 0.4) is 0 Å². The Morgan fingerprint density at radius 3 is 2.93 bits per heavy atom. The molecule has 0 saturated carbocycles. The Bertz CT molecular complexity index is 189. The Kier molecular flexibility index (Phi) is 9.17. The highest BCUT2D eigenvalue weighted by atomic mass is 16.5. The van der Waals surface area contributed by atoms with Crippen LogP contribution in [0, 0.1) is 11.3 Å². The number of nitrogens with zero attached hydrogens (tertiary/aromatic N) is 1. The average molecular weight is 199 g/mol. The van der Waals surface area contributed by atoms with Crippen molar-refractivity contribution in [2.24, 2.45) is 5.73 Å². The number of hydrogen-bond acceptors (Lipinski definition) is 4. The van der Waals surface area contributed by atoms with Gasteiger partial charge in [0.05, 0.1) is 12.7 Å². The maximum absolute atomic E-state index is 11.0. The fourth-order valence-corrected chi connectivity index (χ4v) is 0.856. The fraction of sp³-hybridized carbons (Fsp3) is 0.778. The minimum atomic E-state index is -0.129. The molecule has 0 aromatic heterocycles. The molecule has 0 aliphatic heterocycles. The summed E-state index contributed by atoms with van der Waals surface area (Å²) < 4.78 is 4.93. The van der Waals surface area contributed by atoms with Gasteiger partial charge < -0.3 is 15.8 Å². The molecule has 0 bridgehead atoms. The van der Waals surface area contributed by atoms with E-state index in [2.05, 4.69) is 5.32 Å². The van der Waals surface area contributed by atoms with Crippen molar-refractivity contribution in [2.45, 2.75) is 19.3 Å². The molecule has 0 aromatic carbocycles. The normalized spacial score (nSPS) is 9.43. The van der Waals surface area contributed by atoms with Gasteiger partial charge in [-0.2, -0.15) is 5.26 Å². The van der Waals surface area contributed by atoms with Gasteiger partial charge in [0.15, 0.2) is 0 Å². The molecule has 0 unspecified atom stereocenters. The third kappa shape index (κ3) is 8.97. The van der Waals surface area contributed by atoms with Gasteiger partial charge in [-0.05, 0) is 12.8 Å². The third-order valence-corrected chi connectivity index (χ3v) is 1.53. The molecule has 0 saturated heterocycles. The summed E-state index contributed by atoms with van der Waals surface area (Å²) in [6.45, 7) is 1.50. The first kappa shape index (κ1) is 12.9. The number of nitriles is 1. The number of amides is 1. The lowest BCUT2D eigenvalue weighted by Crippen LogP contribution is -2.29. The van der Waals surface area contributed by atoms with E-state index in [1.807, 2.05) is 6.07 Å². The van der Waals surface area contributed by atoms with E-state index in [0.29, 0.717) is 26.1 Å². The predicted molar refractivity (Wildman–Crippen MR) is 52.3 cm³/mol. The summed E-state index contributed by atoms with van der Waals surface area (Å²) in [6.07, 6.45) is 2.19. The summed E-state index contributed by atoms with van der Waals surface area (Å²) >= 11 is 0. The number of unbranched alkanes of at least 4 members (excludes halogenated alkanes) is 2. The molecule has 1 amide bonds. The van der Waals surface area contributed by atoms with Crippen LogP contribution >= 0.6 is 0 Å². The minimum absolute atomic E-state index is 0.0649. The average Bonchev–Trinajstić information content (AvgIpc) is 2.18. The van der Waals surface area contributed by atoms with Crippen LogP contribution in [0.4, 0.5) is 0 Å². The van der Waals surface area contributed by atoms with Crippen LogP contribution in [-0.4, -0.2) is 32.2 Å². The van der Waals surface area contributed by atoms with Crippen molar-refractivity contribution < 1.29 is 9.53 Å². The molecule has 80 valence electrons. The summed E-state index contributed by atoms with van der Waals surface area (Å²) in [6, 6.07) is 2.05. The Morgan fingerprint density at radius 1 is 1.50 bits per heavy atom. The molecule has 3 N–H and O–H groups in total. The molecule has 0 fully saturated rings. The fourth-order valence-electron chi connectivity index (χ4n) is 0.856. The van der Waals surface area contributed by atoms with Crippen LogP contribution in [0.5, 0.6) is 0 Å². The highest BCUT2D eigenvalue weighted by molar-refractivity contribution is 5.77. The standard InChI is InChI=1S/C9H17N3O2/c10-4-2-1-3-6-12-9(13)8-14-7-5-11/h1-3,5-8,11H2,(H,12,13). The molecule has 0 atom stereocenters. The van der Waals surface area contributed by atoms with Gasteiger partial charge in [-0.25, -0.2) is 0 Å². The van der Waals surface area contributed by atoms with E-state index >= 15 is 0 Å². The van der Waals surface area contributed by atoms with Crippen LogP contribution < -0.4 is 11.1 Å². The molecular weight excluding hydrogens is 182 g/mol. The first-order valence-electron chi connectivity index (χ1n) is 4.72. The summed E-state index contributed by atoms with van der Waals surface area (Å²) in [7, 11) is 0. The van der Waals surface area contributed by atoms with Crippen LogP contribution in [-0.2, 0) is 9.53 Å². The molecule has 14 heavy (non-hydrogen) atoms. The van der Waals surface area contributed by atoms with E-state index in [0.717, 1.165) is 12.8 Å². The molecule has 0 aliphatic rings. The van der Waals surface area contributed by atoms with Crippen LogP contribution in [0.1, 0.15) is 19.3 Å². The summed E-state index contributed by atoms with van der Waals surface area (Å²) in [4.78, 5) is 11.0. The molecular formula is C9H17N3O2. The van der Waals surface area contributed by atoms with E-state index < -0.39 is 0 Å². The molecule has 5 heteroatoms. The highest BCUT2D eigenvalue weighted by Crippen LogP contribution is 1.91. The first-order chi connectivity index (χ1) is 6.81. The topological polar surface area (TPSA) is 88.1 Å². The van der Waals surface area contributed by atoms with Crippen LogP contribution in [0.15, 0.2) is 0 Å². The number of nitrogens with one attached hydrogen (secondary N) is 1.